The fourth-order valence-corrected chi connectivity index (χ4v) is 13.1. The van der Waals surface area contributed by atoms with Gasteiger partial charge in [0.1, 0.15) is 73.2 Å². The molecule has 19 nitrogen and oxygen atoms in total. The Morgan fingerprint density at radius 2 is 0.700 bits per heavy atom. The highest BCUT2D eigenvalue weighted by Gasteiger charge is 2.53. The zero-order chi connectivity index (χ0) is 72.5. The molecule has 0 aromatic carbocycles. The lowest BCUT2D eigenvalue weighted by Crippen LogP contribution is -2.66. The average molecular weight is 1420 g/mol. The molecule has 0 radical (unpaired) electrons. The molecule has 3 saturated heterocycles. The molecule has 0 bridgehead atoms. The van der Waals surface area contributed by atoms with E-state index in [0.29, 0.717) is 12.8 Å². The number of hydrogen-bond donors (Lipinski definition) is 12. The van der Waals surface area contributed by atoms with Gasteiger partial charge >= 0.3 is 0 Å². The second-order valence-corrected chi connectivity index (χ2v) is 28.1. The van der Waals surface area contributed by atoms with Crippen molar-refractivity contribution in [2.75, 3.05) is 26.4 Å². The SMILES string of the molecule is CC/C=C\C/C=C\C/C=C\C/C=C\C/C=C\CCCCCCCCCCCCCCCC(=O)NC(COC1OC(CO)C(OC2OC(CO)C(OC3OC(CO)C(O)C(O)C3O)C(O)C2O)C(O)C1O)C(O)/C=C/CC/C=C/CCCCCCCCCCCCCCCCCCCCCC. The summed E-state index contributed by atoms with van der Waals surface area (Å²) in [4.78, 5) is 13.5. The minimum absolute atomic E-state index is 0.230. The van der Waals surface area contributed by atoms with Crippen molar-refractivity contribution in [3.8, 4) is 0 Å². The standard InChI is InChI=1S/C81H143NO18/c1-3-5-7-9-11-13-15-17-19-21-23-25-27-29-31-32-33-35-37-39-41-43-45-47-49-51-53-55-57-59-69(87)82-64(65(86)58-56-54-52-50-48-46-44-42-40-38-36-34-30-28-26-24-22-20-18-16-14-12-10-8-6-4-2)63-95-79-75(93)72(90)77(67(61-84)97-79)100-81-76(94)73(91)78(68(62-85)98-81)99-80-74(92)71(89)70(88)66(60-83)96-80/h5,7,11,13,17,19,23,25,29,31,48,50,56,58,64-68,70-81,83-86,88-94H,3-4,6,8-10,12,14-16,18,20-22,24,26-28,30,32-47,49,51-55,57,59-63H2,1-2H3,(H,82,87)/b7-5-,13-11-,19-17-,25-23-,31-29-,50-48+,58-56+. The van der Waals surface area contributed by atoms with Crippen LogP contribution in [0.4, 0.5) is 0 Å². The van der Waals surface area contributed by atoms with Gasteiger partial charge in [-0.2, -0.15) is 0 Å². The van der Waals surface area contributed by atoms with Crippen molar-refractivity contribution < 1.29 is 89.4 Å². The van der Waals surface area contributed by atoms with Crippen LogP contribution in [0.2, 0.25) is 0 Å². The molecule has 3 aliphatic heterocycles. The van der Waals surface area contributed by atoms with Crippen LogP contribution in [0.1, 0.15) is 290 Å². The Morgan fingerprint density at radius 3 is 1.12 bits per heavy atom. The van der Waals surface area contributed by atoms with E-state index in [1.54, 1.807) is 6.08 Å². The minimum atomic E-state index is -1.98. The first kappa shape index (κ1) is 91.2. The maximum atomic E-state index is 13.5. The lowest BCUT2D eigenvalue weighted by Gasteiger charge is -2.48. The van der Waals surface area contributed by atoms with Gasteiger partial charge in [0, 0.05) is 6.42 Å². The van der Waals surface area contributed by atoms with E-state index in [1.807, 2.05) is 6.08 Å². The van der Waals surface area contributed by atoms with Crippen LogP contribution in [0.5, 0.6) is 0 Å². The summed E-state index contributed by atoms with van der Waals surface area (Å²) in [5.41, 5.74) is 0. The second-order valence-electron chi connectivity index (χ2n) is 28.1. The van der Waals surface area contributed by atoms with Gasteiger partial charge in [0.15, 0.2) is 18.9 Å². The van der Waals surface area contributed by atoms with Crippen LogP contribution in [-0.2, 0) is 33.2 Å². The second kappa shape index (κ2) is 61.2. The van der Waals surface area contributed by atoms with Crippen LogP contribution < -0.4 is 5.32 Å². The summed E-state index contributed by atoms with van der Waals surface area (Å²) >= 11 is 0. The van der Waals surface area contributed by atoms with E-state index in [2.05, 4.69) is 92.1 Å². The van der Waals surface area contributed by atoms with Gasteiger partial charge in [-0.1, -0.05) is 292 Å². The number of hydrogen-bond acceptors (Lipinski definition) is 18. The van der Waals surface area contributed by atoms with Gasteiger partial charge in [-0.15, -0.1) is 0 Å². The molecule has 3 aliphatic rings. The van der Waals surface area contributed by atoms with Gasteiger partial charge in [-0.05, 0) is 77.0 Å². The molecule has 17 unspecified atom stereocenters. The lowest BCUT2D eigenvalue weighted by molar-refractivity contribution is -0.379. The number of carbonyl (C=O) groups excluding carboxylic acids is 1. The molecule has 3 fully saturated rings. The Labute approximate surface area is 603 Å². The highest BCUT2D eigenvalue weighted by Crippen LogP contribution is 2.33. The van der Waals surface area contributed by atoms with Crippen LogP contribution in [-0.4, -0.2) is 193 Å². The first-order chi connectivity index (χ1) is 48.8. The van der Waals surface area contributed by atoms with Crippen molar-refractivity contribution in [3.63, 3.8) is 0 Å². The zero-order valence-electron chi connectivity index (χ0n) is 61.9. The number of aliphatic hydroxyl groups excluding tert-OH is 11. The Morgan fingerprint density at radius 1 is 0.370 bits per heavy atom. The van der Waals surface area contributed by atoms with Gasteiger partial charge in [-0.25, -0.2) is 0 Å². The summed E-state index contributed by atoms with van der Waals surface area (Å²) in [6, 6.07) is -0.997. The molecular weight excluding hydrogens is 1270 g/mol. The summed E-state index contributed by atoms with van der Waals surface area (Å²) in [6.45, 7) is 1.63. The molecule has 100 heavy (non-hydrogen) atoms. The Bertz CT molecular complexity index is 2140. The molecule has 0 saturated carbocycles. The summed E-state index contributed by atoms with van der Waals surface area (Å²) in [6.07, 6.45) is 54.2. The van der Waals surface area contributed by atoms with Crippen LogP contribution >= 0.6 is 0 Å². The number of aliphatic hydroxyl groups is 11. The average Bonchev–Trinajstić information content (AvgIpc) is 0.783. The van der Waals surface area contributed by atoms with Crippen LogP contribution in [0.3, 0.4) is 0 Å². The maximum absolute atomic E-state index is 13.5. The fourth-order valence-electron chi connectivity index (χ4n) is 13.1. The van der Waals surface area contributed by atoms with E-state index in [4.69, 9.17) is 28.4 Å². The van der Waals surface area contributed by atoms with Crippen LogP contribution in [0, 0.1) is 0 Å². The van der Waals surface area contributed by atoms with Crippen molar-refractivity contribution in [2.45, 2.75) is 394 Å². The molecule has 1 amide bonds. The van der Waals surface area contributed by atoms with E-state index in [9.17, 15) is 61.0 Å². The highest BCUT2D eigenvalue weighted by atomic mass is 16.8. The lowest BCUT2D eigenvalue weighted by atomic mass is 9.96. The number of rotatable bonds is 62. The number of allylic oxidation sites excluding steroid dienone is 13. The molecule has 0 aliphatic carbocycles. The Balaban J connectivity index is 1.40. The van der Waals surface area contributed by atoms with Crippen LogP contribution in [0.15, 0.2) is 85.1 Å². The number of amides is 1. The third-order valence-electron chi connectivity index (χ3n) is 19.4. The van der Waals surface area contributed by atoms with Crippen molar-refractivity contribution >= 4 is 5.91 Å². The quantitative estimate of drug-likeness (QED) is 0.0199. The maximum Gasteiger partial charge on any atom is 0.220 e. The molecule has 12 N–H and O–H groups in total. The zero-order valence-corrected chi connectivity index (χ0v) is 61.9. The number of carbonyl (C=O) groups is 1. The van der Waals surface area contributed by atoms with E-state index in [0.717, 1.165) is 83.5 Å². The van der Waals surface area contributed by atoms with Gasteiger partial charge in [0.2, 0.25) is 5.91 Å². The van der Waals surface area contributed by atoms with Gasteiger partial charge < -0.3 is 89.9 Å². The van der Waals surface area contributed by atoms with Gasteiger partial charge in [-0.3, -0.25) is 4.79 Å². The predicted molar refractivity (Wildman–Crippen MR) is 397 cm³/mol. The van der Waals surface area contributed by atoms with Crippen molar-refractivity contribution in [1.82, 2.24) is 5.32 Å². The monoisotopic (exact) mass is 1420 g/mol. The molecule has 19 heteroatoms. The summed E-state index contributed by atoms with van der Waals surface area (Å²) in [5.74, 6) is -0.287. The van der Waals surface area contributed by atoms with E-state index in [-0.39, 0.29) is 18.9 Å². The van der Waals surface area contributed by atoms with Crippen LogP contribution in [0.25, 0.3) is 0 Å². The highest BCUT2D eigenvalue weighted by molar-refractivity contribution is 5.76. The normalized spacial score (nSPS) is 26.9. The Kier molecular flexibility index (Phi) is 55.8. The minimum Gasteiger partial charge on any atom is -0.394 e. The smallest absolute Gasteiger partial charge is 0.220 e. The fraction of sp³-hybridized carbons (Fsp3) is 0.815. The molecule has 580 valence electrons. The molecule has 3 heterocycles. The number of ether oxygens (including phenoxy) is 6. The summed E-state index contributed by atoms with van der Waals surface area (Å²) in [7, 11) is 0. The molecular formula is C81H143NO18. The third-order valence-corrected chi connectivity index (χ3v) is 19.4. The summed E-state index contributed by atoms with van der Waals surface area (Å²) in [5, 5.41) is 121. The molecule has 0 aromatic rings. The predicted octanol–water partition coefficient (Wildman–Crippen LogP) is 13.0. The van der Waals surface area contributed by atoms with Gasteiger partial charge in [0.05, 0.1) is 38.6 Å². The van der Waals surface area contributed by atoms with E-state index in [1.165, 1.54) is 173 Å². The third kappa shape index (κ3) is 41.0. The molecule has 0 spiro atoms. The summed E-state index contributed by atoms with van der Waals surface area (Å²) < 4.78 is 34.4. The van der Waals surface area contributed by atoms with E-state index < -0.39 is 124 Å². The largest absolute Gasteiger partial charge is 0.394 e. The number of nitrogens with one attached hydrogen (secondary N) is 1. The topological polar surface area (TPSA) is 307 Å². The first-order valence-electron chi connectivity index (χ1n) is 39.8. The Hall–Kier alpha value is -3.03. The first-order valence-corrected chi connectivity index (χ1v) is 39.8. The van der Waals surface area contributed by atoms with Crippen molar-refractivity contribution in [1.29, 1.82) is 0 Å². The molecule has 17 atom stereocenters. The van der Waals surface area contributed by atoms with Crippen molar-refractivity contribution in [2.24, 2.45) is 0 Å². The van der Waals surface area contributed by atoms with Gasteiger partial charge in [0.25, 0.3) is 0 Å². The van der Waals surface area contributed by atoms with E-state index >= 15 is 0 Å². The molecule has 0 aromatic heterocycles. The number of unbranched alkanes of at least 4 members (excludes halogenated alkanes) is 34. The van der Waals surface area contributed by atoms with Crippen molar-refractivity contribution in [3.05, 3.63) is 85.1 Å². The molecule has 3 rings (SSSR count).